The molecule has 14 nitrogen and oxygen atoms in total. The number of nitrogens with two attached hydrogens (primary N) is 1. The largest absolute Gasteiger partial charge is 0.481 e. The van der Waals surface area contributed by atoms with Gasteiger partial charge >= 0.3 is 11.9 Å². The predicted octanol–water partition coefficient (Wildman–Crippen LogP) is -0.0865. The van der Waals surface area contributed by atoms with Gasteiger partial charge < -0.3 is 41.4 Å². The SMILES string of the molecule is NC(Cc1c[nH]c2ccccc12)C(=O)NC(Cc1cnc[nH]1)C(=O)N1CCCC1C(=O)NC(CCC(=O)O)C(=O)O. The van der Waals surface area contributed by atoms with Gasteiger partial charge in [-0.1, -0.05) is 18.2 Å². The highest BCUT2D eigenvalue weighted by Gasteiger charge is 2.39. The number of para-hydroxylation sites is 1. The van der Waals surface area contributed by atoms with Gasteiger partial charge in [-0.05, 0) is 37.3 Å². The van der Waals surface area contributed by atoms with E-state index in [9.17, 15) is 29.1 Å². The first-order chi connectivity index (χ1) is 19.6. The lowest BCUT2D eigenvalue weighted by atomic mass is 10.0. The number of aromatic amines is 2. The van der Waals surface area contributed by atoms with Crippen LogP contribution < -0.4 is 16.4 Å². The van der Waals surface area contributed by atoms with Crippen LogP contribution in [0.1, 0.15) is 36.9 Å². The fraction of sp³-hybridized carbons (Fsp3) is 0.407. The number of carbonyl (C=O) groups excluding carboxylic acids is 3. The zero-order valence-corrected chi connectivity index (χ0v) is 22.2. The number of hydrogen-bond donors (Lipinski definition) is 7. The summed E-state index contributed by atoms with van der Waals surface area (Å²) in [6, 6.07) is 3.18. The van der Waals surface area contributed by atoms with Crippen molar-refractivity contribution in [2.24, 2.45) is 5.73 Å². The first kappa shape index (κ1) is 29.3. The number of imidazole rings is 1. The van der Waals surface area contributed by atoms with E-state index in [4.69, 9.17) is 10.8 Å². The summed E-state index contributed by atoms with van der Waals surface area (Å²) in [6.45, 7) is 0.223. The molecule has 3 heterocycles. The summed E-state index contributed by atoms with van der Waals surface area (Å²) in [5.74, 6) is -4.33. The number of carboxylic acid groups (broad SMARTS) is 2. The Hall–Kier alpha value is -4.72. The normalized spacial score (nSPS) is 17.1. The summed E-state index contributed by atoms with van der Waals surface area (Å²) in [7, 11) is 0. The number of aromatic nitrogens is 3. The minimum Gasteiger partial charge on any atom is -0.481 e. The fourth-order valence-electron chi connectivity index (χ4n) is 5.02. The van der Waals surface area contributed by atoms with E-state index in [1.165, 1.54) is 17.4 Å². The quantitative estimate of drug-likeness (QED) is 0.146. The molecule has 0 saturated carbocycles. The highest BCUT2D eigenvalue weighted by atomic mass is 16.4. The average molecular weight is 568 g/mol. The molecule has 4 atom stereocenters. The van der Waals surface area contributed by atoms with Crippen LogP contribution in [0, 0.1) is 0 Å². The summed E-state index contributed by atoms with van der Waals surface area (Å²) in [6.07, 6.45) is 5.07. The van der Waals surface area contributed by atoms with Crippen LogP contribution in [0.3, 0.4) is 0 Å². The molecule has 4 rings (SSSR count). The number of nitrogens with one attached hydrogen (secondary N) is 4. The summed E-state index contributed by atoms with van der Waals surface area (Å²) in [5.41, 5.74) is 8.59. The van der Waals surface area contributed by atoms with Crippen molar-refractivity contribution in [1.29, 1.82) is 0 Å². The number of hydrogen-bond acceptors (Lipinski definition) is 7. The predicted molar refractivity (Wildman–Crippen MR) is 145 cm³/mol. The number of likely N-dealkylation sites (tertiary alicyclic amines) is 1. The maximum Gasteiger partial charge on any atom is 0.326 e. The molecule has 3 amide bonds. The fourth-order valence-corrected chi connectivity index (χ4v) is 5.02. The Balaban J connectivity index is 1.46. The van der Waals surface area contributed by atoms with Crippen LogP contribution in [-0.4, -0.2) is 90.4 Å². The van der Waals surface area contributed by atoms with Gasteiger partial charge in [0.2, 0.25) is 17.7 Å². The number of H-pyrrole nitrogens is 2. The Kier molecular flexibility index (Phi) is 9.34. The van der Waals surface area contributed by atoms with Crippen LogP contribution in [0.25, 0.3) is 10.9 Å². The lowest BCUT2D eigenvalue weighted by Crippen LogP contribution is -2.57. The van der Waals surface area contributed by atoms with Crippen molar-refractivity contribution in [2.75, 3.05) is 6.54 Å². The van der Waals surface area contributed by atoms with Crippen LogP contribution in [0.15, 0.2) is 43.0 Å². The maximum absolute atomic E-state index is 13.7. The number of fused-ring (bicyclic) bond motifs is 1. The smallest absolute Gasteiger partial charge is 0.326 e. The highest BCUT2D eigenvalue weighted by molar-refractivity contribution is 5.95. The van der Waals surface area contributed by atoms with Crippen LogP contribution in [0.4, 0.5) is 0 Å². The number of nitrogens with zero attached hydrogens (tertiary/aromatic N) is 2. The Labute approximate surface area is 234 Å². The summed E-state index contributed by atoms with van der Waals surface area (Å²) < 4.78 is 0. The molecule has 41 heavy (non-hydrogen) atoms. The van der Waals surface area contributed by atoms with Gasteiger partial charge in [0.05, 0.1) is 12.4 Å². The number of aliphatic carboxylic acids is 2. The second kappa shape index (κ2) is 13.1. The lowest BCUT2D eigenvalue weighted by molar-refractivity contribution is -0.145. The Bertz CT molecular complexity index is 1400. The van der Waals surface area contributed by atoms with E-state index in [2.05, 4.69) is 25.6 Å². The molecule has 0 spiro atoms. The van der Waals surface area contributed by atoms with Crippen LogP contribution in [0.5, 0.6) is 0 Å². The standard InChI is InChI=1S/C27H33N7O7/c28-18(10-15-12-30-19-5-2-1-4-17(15)19)24(37)33-21(11-16-13-29-14-31-16)26(39)34-9-3-6-22(34)25(38)32-20(27(40)41)7-8-23(35)36/h1-2,4-5,12-14,18,20-22,30H,3,6-11,28H2,(H,29,31)(H,32,38)(H,33,37)(H,35,36)(H,40,41). The zero-order chi connectivity index (χ0) is 29.5. The maximum atomic E-state index is 13.7. The van der Waals surface area contributed by atoms with E-state index in [1.54, 1.807) is 6.20 Å². The van der Waals surface area contributed by atoms with E-state index in [1.807, 2.05) is 24.3 Å². The van der Waals surface area contributed by atoms with Crippen molar-refractivity contribution in [1.82, 2.24) is 30.5 Å². The Morgan fingerprint density at radius 3 is 2.56 bits per heavy atom. The van der Waals surface area contributed by atoms with Gasteiger partial charge in [-0.25, -0.2) is 9.78 Å². The van der Waals surface area contributed by atoms with Gasteiger partial charge in [-0.15, -0.1) is 0 Å². The monoisotopic (exact) mass is 567 g/mol. The molecule has 0 bridgehead atoms. The Morgan fingerprint density at radius 1 is 1.07 bits per heavy atom. The first-order valence-electron chi connectivity index (χ1n) is 13.3. The molecule has 0 aliphatic carbocycles. The number of amides is 3. The molecular weight excluding hydrogens is 534 g/mol. The summed E-state index contributed by atoms with van der Waals surface area (Å²) in [5, 5.41) is 24.4. The minimum atomic E-state index is -1.42. The van der Waals surface area contributed by atoms with E-state index >= 15 is 0 Å². The zero-order valence-electron chi connectivity index (χ0n) is 22.2. The molecule has 218 valence electrons. The molecular formula is C27H33N7O7. The third kappa shape index (κ3) is 7.28. The van der Waals surface area contributed by atoms with Crippen molar-refractivity contribution in [3.05, 3.63) is 54.2 Å². The van der Waals surface area contributed by atoms with E-state index in [0.717, 1.165) is 16.5 Å². The number of carbonyl (C=O) groups is 5. The van der Waals surface area contributed by atoms with E-state index in [-0.39, 0.29) is 32.2 Å². The third-order valence-electron chi connectivity index (χ3n) is 7.14. The van der Waals surface area contributed by atoms with Gasteiger partial charge in [0.15, 0.2) is 0 Å². The summed E-state index contributed by atoms with van der Waals surface area (Å²) >= 11 is 0. The van der Waals surface area contributed by atoms with Gasteiger partial charge in [0.25, 0.3) is 0 Å². The van der Waals surface area contributed by atoms with Gasteiger partial charge in [-0.2, -0.15) is 0 Å². The number of carboxylic acids is 2. The highest BCUT2D eigenvalue weighted by Crippen LogP contribution is 2.21. The van der Waals surface area contributed by atoms with Gasteiger partial charge in [0.1, 0.15) is 18.1 Å². The third-order valence-corrected chi connectivity index (χ3v) is 7.14. The molecule has 4 unspecified atom stereocenters. The van der Waals surface area contributed by atoms with Gasteiger partial charge in [-0.3, -0.25) is 19.2 Å². The molecule has 1 aliphatic rings. The van der Waals surface area contributed by atoms with Crippen molar-refractivity contribution >= 4 is 40.6 Å². The number of benzene rings is 1. The van der Waals surface area contributed by atoms with Crippen molar-refractivity contribution in [3.8, 4) is 0 Å². The van der Waals surface area contributed by atoms with Crippen molar-refractivity contribution < 1.29 is 34.2 Å². The molecule has 1 fully saturated rings. The van der Waals surface area contributed by atoms with Crippen molar-refractivity contribution in [3.63, 3.8) is 0 Å². The molecule has 0 radical (unpaired) electrons. The molecule has 1 aliphatic heterocycles. The summed E-state index contributed by atoms with van der Waals surface area (Å²) in [4.78, 5) is 73.7. The molecule has 3 aromatic rings. The van der Waals surface area contributed by atoms with E-state index < -0.39 is 60.2 Å². The second-order valence-corrected chi connectivity index (χ2v) is 10.0. The minimum absolute atomic E-state index is 0.0611. The van der Waals surface area contributed by atoms with Gasteiger partial charge in [0, 0.05) is 48.4 Å². The molecule has 2 aromatic heterocycles. The number of rotatable bonds is 13. The lowest BCUT2D eigenvalue weighted by Gasteiger charge is -2.30. The topological polar surface area (TPSA) is 224 Å². The molecule has 8 N–H and O–H groups in total. The Morgan fingerprint density at radius 2 is 1.85 bits per heavy atom. The first-order valence-corrected chi connectivity index (χ1v) is 13.3. The van der Waals surface area contributed by atoms with Crippen molar-refractivity contribution in [2.45, 2.75) is 62.7 Å². The van der Waals surface area contributed by atoms with Crippen LogP contribution in [0.2, 0.25) is 0 Å². The van der Waals surface area contributed by atoms with E-state index in [0.29, 0.717) is 12.1 Å². The van der Waals surface area contributed by atoms with Crippen LogP contribution in [-0.2, 0) is 36.8 Å². The van der Waals surface area contributed by atoms with Crippen LogP contribution >= 0.6 is 0 Å². The second-order valence-electron chi connectivity index (χ2n) is 10.0. The molecule has 1 saturated heterocycles. The molecule has 14 heteroatoms. The molecule has 1 aromatic carbocycles. The average Bonchev–Trinajstić information content (AvgIpc) is 3.71.